The van der Waals surface area contributed by atoms with Crippen LogP contribution in [0.5, 0.6) is 11.5 Å². The van der Waals surface area contributed by atoms with Crippen molar-refractivity contribution < 1.29 is 18.7 Å². The van der Waals surface area contributed by atoms with Crippen molar-refractivity contribution in [2.45, 2.75) is 11.2 Å². The smallest absolute Gasteiger partial charge is 0.277 e. The first-order valence-electron chi connectivity index (χ1n) is 10.6. The van der Waals surface area contributed by atoms with E-state index < -0.39 is 0 Å². The molecule has 1 aliphatic rings. The van der Waals surface area contributed by atoms with Crippen LogP contribution in [0, 0.1) is 13.0 Å². The number of thioether (sulfide) groups is 2. The molecule has 3 aromatic rings. The second-order valence-corrected chi connectivity index (χ2v) is 12.5. The molecule has 0 spiro atoms. The third kappa shape index (κ3) is 7.99. The van der Waals surface area contributed by atoms with Gasteiger partial charge in [-0.15, -0.1) is 23.5 Å². The van der Waals surface area contributed by atoms with E-state index in [0.717, 1.165) is 24.0 Å². The highest BCUT2D eigenvalue weighted by atomic mass is 127. The lowest BCUT2D eigenvalue weighted by Gasteiger charge is -2.11. The van der Waals surface area contributed by atoms with Crippen molar-refractivity contribution in [1.29, 1.82) is 0 Å². The fourth-order valence-corrected chi connectivity index (χ4v) is 8.19. The summed E-state index contributed by atoms with van der Waals surface area (Å²) >= 11 is 8.28. The highest BCUT2D eigenvalue weighted by Crippen LogP contribution is 2.45. The minimum atomic E-state index is -0.341. The predicted molar refractivity (Wildman–Crippen MR) is 158 cm³/mol. The minimum absolute atomic E-state index is 0.120. The molecule has 5 nitrogen and oxygen atoms in total. The molecule has 0 unspecified atom stereocenters. The number of hydrogen-bond acceptors (Lipinski definition) is 6. The van der Waals surface area contributed by atoms with E-state index in [9.17, 15) is 9.18 Å². The van der Waals surface area contributed by atoms with Crippen molar-refractivity contribution in [3.63, 3.8) is 0 Å². The van der Waals surface area contributed by atoms with Gasteiger partial charge in [-0.05, 0) is 98.3 Å². The lowest BCUT2D eigenvalue weighted by Crippen LogP contribution is -2.24. The Bertz CT molecular complexity index is 1180. The molecule has 1 saturated heterocycles. The third-order valence-corrected chi connectivity index (χ3v) is 9.55. The van der Waals surface area contributed by atoms with Gasteiger partial charge in [-0.3, -0.25) is 4.79 Å². The SMILES string of the molecule is O=C(COc1ccc(C2SCCS2)cc1)N/N=C\c1cc(I)c(OCc2cccc(F)c2)c(I)c1. The maximum absolute atomic E-state index is 13.4. The van der Waals surface area contributed by atoms with Gasteiger partial charge in [0.2, 0.25) is 0 Å². The number of hydrazone groups is 1. The van der Waals surface area contributed by atoms with E-state index in [4.69, 9.17) is 9.47 Å². The van der Waals surface area contributed by atoms with E-state index >= 15 is 0 Å². The van der Waals surface area contributed by atoms with Crippen molar-refractivity contribution in [1.82, 2.24) is 5.43 Å². The second-order valence-electron chi connectivity index (χ2n) is 7.46. The molecular weight excluding hydrogens is 713 g/mol. The highest BCUT2D eigenvalue weighted by Gasteiger charge is 2.18. The average Bonchev–Trinajstić information content (AvgIpc) is 3.38. The zero-order valence-electron chi connectivity index (χ0n) is 18.4. The summed E-state index contributed by atoms with van der Waals surface area (Å²) in [7, 11) is 0. The molecule has 0 aromatic heterocycles. The Morgan fingerprint density at radius 1 is 1.06 bits per heavy atom. The molecule has 0 bridgehead atoms. The van der Waals surface area contributed by atoms with Crippen molar-refractivity contribution in [3.05, 3.63) is 90.3 Å². The van der Waals surface area contributed by atoms with E-state index in [1.54, 1.807) is 12.3 Å². The van der Waals surface area contributed by atoms with Crippen LogP contribution in [0.15, 0.2) is 65.8 Å². The summed E-state index contributed by atoms with van der Waals surface area (Å²) in [6.07, 6.45) is 1.57. The Balaban J connectivity index is 1.25. The molecular formula is C25H21FI2N2O3S2. The van der Waals surface area contributed by atoms with Crippen LogP contribution in [-0.4, -0.2) is 30.2 Å². The van der Waals surface area contributed by atoms with Crippen molar-refractivity contribution >= 4 is 80.8 Å². The number of ether oxygens (including phenoxy) is 2. The second kappa shape index (κ2) is 13.2. The van der Waals surface area contributed by atoms with Gasteiger partial charge in [-0.25, -0.2) is 9.82 Å². The Morgan fingerprint density at radius 2 is 1.77 bits per heavy atom. The molecule has 0 radical (unpaired) electrons. The highest BCUT2D eigenvalue weighted by molar-refractivity contribution is 14.1. The van der Waals surface area contributed by atoms with Crippen LogP contribution in [-0.2, 0) is 11.4 Å². The maximum Gasteiger partial charge on any atom is 0.277 e. The number of carbonyl (C=O) groups is 1. The zero-order chi connectivity index (χ0) is 24.6. The molecule has 4 rings (SSSR count). The molecule has 0 atom stereocenters. The number of amides is 1. The van der Waals surface area contributed by atoms with Gasteiger partial charge in [0.15, 0.2) is 6.61 Å². The summed E-state index contributed by atoms with van der Waals surface area (Å²) < 4.78 is 27.1. The Morgan fingerprint density at radius 3 is 2.46 bits per heavy atom. The number of carbonyl (C=O) groups excluding carboxylic acids is 1. The lowest BCUT2D eigenvalue weighted by molar-refractivity contribution is -0.123. The third-order valence-electron chi connectivity index (χ3n) is 4.84. The molecule has 1 aliphatic heterocycles. The zero-order valence-corrected chi connectivity index (χ0v) is 24.3. The first-order chi connectivity index (χ1) is 17.0. The number of nitrogens with one attached hydrogen (secondary N) is 1. The molecule has 1 amide bonds. The molecule has 1 N–H and O–H groups in total. The van der Waals surface area contributed by atoms with Gasteiger partial charge in [-0.2, -0.15) is 5.10 Å². The van der Waals surface area contributed by atoms with Crippen LogP contribution in [0.1, 0.15) is 21.3 Å². The van der Waals surface area contributed by atoms with E-state index in [-0.39, 0.29) is 24.9 Å². The molecule has 1 fully saturated rings. The van der Waals surface area contributed by atoms with Crippen molar-refractivity contribution in [3.8, 4) is 11.5 Å². The summed E-state index contributed by atoms with van der Waals surface area (Å²) in [6, 6.07) is 18.0. The fourth-order valence-electron chi connectivity index (χ4n) is 3.21. The van der Waals surface area contributed by atoms with Crippen LogP contribution in [0.3, 0.4) is 0 Å². The van der Waals surface area contributed by atoms with Gasteiger partial charge in [0, 0.05) is 11.5 Å². The van der Waals surface area contributed by atoms with Gasteiger partial charge in [0.05, 0.1) is 17.9 Å². The number of benzene rings is 3. The number of halogens is 3. The molecule has 182 valence electrons. The molecule has 0 saturated carbocycles. The standard InChI is InChI=1S/C25H21FI2N2O3S2/c26-19-3-1-2-16(10-19)14-33-24-21(27)11-17(12-22(24)28)13-29-30-23(31)15-32-20-6-4-18(5-7-20)25-34-8-9-35-25/h1-7,10-13,25H,8-9,14-15H2,(H,30,31)/b29-13-. The van der Waals surface area contributed by atoms with Crippen LogP contribution >= 0.6 is 68.7 Å². The molecule has 0 aliphatic carbocycles. The predicted octanol–water partition coefficient (Wildman–Crippen LogP) is 6.62. The van der Waals surface area contributed by atoms with Gasteiger partial charge < -0.3 is 9.47 Å². The van der Waals surface area contributed by atoms with Gasteiger partial charge >= 0.3 is 0 Å². The summed E-state index contributed by atoms with van der Waals surface area (Å²) in [4.78, 5) is 12.1. The van der Waals surface area contributed by atoms with Crippen LogP contribution in [0.25, 0.3) is 0 Å². The van der Waals surface area contributed by atoms with E-state index in [1.165, 1.54) is 29.2 Å². The minimum Gasteiger partial charge on any atom is -0.487 e. The normalized spacial score (nSPS) is 13.8. The largest absolute Gasteiger partial charge is 0.487 e. The first-order valence-corrected chi connectivity index (χ1v) is 14.9. The summed E-state index contributed by atoms with van der Waals surface area (Å²) in [6.45, 7) is 0.153. The topological polar surface area (TPSA) is 59.9 Å². The number of nitrogens with zero attached hydrogens (tertiary/aromatic N) is 1. The van der Waals surface area contributed by atoms with Gasteiger partial charge in [0.1, 0.15) is 23.9 Å². The average molecular weight is 734 g/mol. The van der Waals surface area contributed by atoms with Crippen molar-refractivity contribution in [2.24, 2.45) is 5.10 Å². The van der Waals surface area contributed by atoms with Crippen LogP contribution < -0.4 is 14.9 Å². The quantitative estimate of drug-likeness (QED) is 0.152. The summed E-state index contributed by atoms with van der Waals surface area (Å²) in [5, 5.41) is 4.04. The number of rotatable bonds is 9. The lowest BCUT2D eigenvalue weighted by atomic mass is 10.2. The molecule has 35 heavy (non-hydrogen) atoms. The Hall–Kier alpha value is -1.51. The van der Waals surface area contributed by atoms with E-state index in [0.29, 0.717) is 10.3 Å². The monoisotopic (exact) mass is 734 g/mol. The summed E-state index contributed by atoms with van der Waals surface area (Å²) in [5.41, 5.74) is 5.34. The van der Waals surface area contributed by atoms with E-state index in [1.807, 2.05) is 53.9 Å². The Labute approximate surface area is 239 Å². The Kier molecular flexibility index (Phi) is 9.98. The van der Waals surface area contributed by atoms with Gasteiger partial charge in [-0.1, -0.05) is 24.3 Å². The maximum atomic E-state index is 13.4. The van der Waals surface area contributed by atoms with Gasteiger partial charge in [0.25, 0.3) is 5.91 Å². The molecule has 1 heterocycles. The van der Waals surface area contributed by atoms with Crippen molar-refractivity contribution in [2.75, 3.05) is 18.1 Å². The number of hydrogen-bond donors (Lipinski definition) is 1. The van der Waals surface area contributed by atoms with Crippen LogP contribution in [0.4, 0.5) is 4.39 Å². The molecule has 10 heteroatoms. The summed E-state index contributed by atoms with van der Waals surface area (Å²) in [5.74, 6) is 3.11. The van der Waals surface area contributed by atoms with E-state index in [2.05, 4.69) is 67.8 Å². The first kappa shape index (κ1) is 26.6. The molecule has 3 aromatic carbocycles. The fraction of sp³-hybridized carbons (Fsp3) is 0.200. The van der Waals surface area contributed by atoms with Crippen LogP contribution in [0.2, 0.25) is 0 Å².